The molecular formula is C28H33FN2O2. The predicted octanol–water partition coefficient (Wildman–Crippen LogP) is 5.99. The van der Waals surface area contributed by atoms with Crippen molar-refractivity contribution in [3.05, 3.63) is 101 Å². The van der Waals surface area contributed by atoms with Gasteiger partial charge in [-0.15, -0.1) is 0 Å². The van der Waals surface area contributed by atoms with Gasteiger partial charge in [-0.05, 0) is 62.6 Å². The molecule has 33 heavy (non-hydrogen) atoms. The number of halogens is 1. The molecule has 1 aliphatic heterocycles. The molecule has 0 spiro atoms. The highest BCUT2D eigenvalue weighted by Gasteiger charge is 2.21. The van der Waals surface area contributed by atoms with Gasteiger partial charge >= 0.3 is 0 Å². The molecule has 0 radical (unpaired) electrons. The quantitative estimate of drug-likeness (QED) is 0.276. The van der Waals surface area contributed by atoms with E-state index in [4.69, 9.17) is 14.5 Å². The van der Waals surface area contributed by atoms with E-state index in [0.29, 0.717) is 13.2 Å². The predicted molar refractivity (Wildman–Crippen MR) is 134 cm³/mol. The van der Waals surface area contributed by atoms with Crippen LogP contribution in [0.5, 0.6) is 0 Å². The molecule has 1 saturated heterocycles. The highest BCUT2D eigenvalue weighted by Crippen LogP contribution is 2.18. The van der Waals surface area contributed by atoms with Crippen molar-refractivity contribution in [3.63, 3.8) is 0 Å². The first-order chi connectivity index (χ1) is 15.8. The van der Waals surface area contributed by atoms with Gasteiger partial charge in [-0.1, -0.05) is 54.6 Å². The first kappa shape index (κ1) is 24.6. The number of aliphatic imine (C=N–C) groups is 1. The summed E-state index contributed by atoms with van der Waals surface area (Å²) in [6, 6.07) is 14.8. The Hall–Kier alpha value is -3.02. The molecule has 2 aromatic rings. The summed E-state index contributed by atoms with van der Waals surface area (Å²) in [6.45, 7) is 14.1. The van der Waals surface area contributed by atoms with Gasteiger partial charge in [-0.3, -0.25) is 10.3 Å². The van der Waals surface area contributed by atoms with Crippen molar-refractivity contribution in [1.82, 2.24) is 5.32 Å². The van der Waals surface area contributed by atoms with Gasteiger partial charge in [-0.25, -0.2) is 4.39 Å². The average molecular weight is 449 g/mol. The van der Waals surface area contributed by atoms with Crippen molar-refractivity contribution in [2.24, 2.45) is 4.99 Å². The van der Waals surface area contributed by atoms with Crippen LogP contribution in [0.2, 0.25) is 0 Å². The zero-order valence-corrected chi connectivity index (χ0v) is 19.9. The number of ether oxygens (including phenoxy) is 2. The Morgan fingerprint density at radius 3 is 2.42 bits per heavy atom. The number of aryl methyl sites for hydroxylation is 1. The Labute approximate surface area is 196 Å². The van der Waals surface area contributed by atoms with Crippen molar-refractivity contribution in [2.75, 3.05) is 13.2 Å². The lowest BCUT2D eigenvalue weighted by Gasteiger charge is -2.28. The van der Waals surface area contributed by atoms with Crippen LogP contribution in [0.3, 0.4) is 0 Å². The highest BCUT2D eigenvalue weighted by molar-refractivity contribution is 6.09. The van der Waals surface area contributed by atoms with Crippen LogP contribution >= 0.6 is 0 Å². The molecule has 4 nitrogen and oxygen atoms in total. The van der Waals surface area contributed by atoms with Crippen LogP contribution in [0.4, 0.5) is 4.39 Å². The van der Waals surface area contributed by atoms with E-state index in [1.54, 1.807) is 12.1 Å². The lowest BCUT2D eigenvalue weighted by Crippen LogP contribution is -2.35. The number of hydrogen-bond acceptors (Lipinski definition) is 4. The minimum Gasteiger partial charge on any atom is -0.490 e. The topological polar surface area (TPSA) is 42.9 Å². The molecule has 0 saturated carbocycles. The Morgan fingerprint density at radius 1 is 1.15 bits per heavy atom. The molecule has 1 atom stereocenters. The summed E-state index contributed by atoms with van der Waals surface area (Å²) in [7, 11) is 0. The number of nitrogens with one attached hydrogen (secondary N) is 1. The summed E-state index contributed by atoms with van der Waals surface area (Å²) >= 11 is 0. The monoisotopic (exact) mass is 448 g/mol. The number of benzene rings is 2. The van der Waals surface area contributed by atoms with Crippen molar-refractivity contribution in [3.8, 4) is 0 Å². The molecule has 1 heterocycles. The van der Waals surface area contributed by atoms with Gasteiger partial charge < -0.3 is 9.47 Å². The van der Waals surface area contributed by atoms with Gasteiger partial charge in [-0.2, -0.15) is 0 Å². The van der Waals surface area contributed by atoms with Gasteiger partial charge in [0.25, 0.3) is 0 Å². The summed E-state index contributed by atoms with van der Waals surface area (Å²) in [5.74, 6) is 0.558. The molecule has 174 valence electrons. The summed E-state index contributed by atoms with van der Waals surface area (Å²) in [5.41, 5.74) is 5.85. The maximum absolute atomic E-state index is 13.3. The van der Waals surface area contributed by atoms with Crippen LogP contribution in [-0.2, 0) is 16.0 Å². The molecule has 1 unspecified atom stereocenters. The largest absolute Gasteiger partial charge is 0.490 e. The Bertz CT molecular complexity index is 1030. The fraction of sp³-hybridized carbons (Fsp3) is 0.321. The number of allylic oxidation sites excluding steroid dienone is 5. The zero-order valence-electron chi connectivity index (χ0n) is 19.9. The minimum absolute atomic E-state index is 0.0939. The molecule has 0 bridgehead atoms. The average Bonchev–Trinajstić information content (AvgIpc) is 2.78. The van der Waals surface area contributed by atoms with Gasteiger partial charge in [0.05, 0.1) is 30.9 Å². The van der Waals surface area contributed by atoms with Crippen molar-refractivity contribution in [1.29, 1.82) is 0 Å². The molecule has 0 aliphatic carbocycles. The van der Waals surface area contributed by atoms with Crippen LogP contribution in [0.1, 0.15) is 37.5 Å². The first-order valence-electron chi connectivity index (χ1n) is 11.2. The zero-order chi connectivity index (χ0) is 23.8. The van der Waals surface area contributed by atoms with Crippen molar-refractivity contribution < 1.29 is 13.9 Å². The third kappa shape index (κ3) is 7.52. The summed E-state index contributed by atoms with van der Waals surface area (Å²) < 4.78 is 24.5. The van der Waals surface area contributed by atoms with E-state index in [9.17, 15) is 4.39 Å². The van der Waals surface area contributed by atoms with Gasteiger partial charge in [0.2, 0.25) is 0 Å². The van der Waals surface area contributed by atoms with E-state index >= 15 is 0 Å². The Balaban J connectivity index is 1.77. The molecule has 0 amide bonds. The van der Waals surface area contributed by atoms with E-state index in [1.807, 2.05) is 32.9 Å². The summed E-state index contributed by atoms with van der Waals surface area (Å²) in [6.07, 6.45) is 3.83. The molecule has 3 rings (SSSR count). The maximum atomic E-state index is 13.3. The highest BCUT2D eigenvalue weighted by atomic mass is 19.1. The van der Waals surface area contributed by atoms with Gasteiger partial charge in [0.15, 0.2) is 0 Å². The Kier molecular flexibility index (Phi) is 8.75. The molecule has 1 N–H and O–H groups in total. The van der Waals surface area contributed by atoms with E-state index < -0.39 is 0 Å². The number of nitrogens with zero attached hydrogens (tertiary/aromatic N) is 1. The molecule has 5 heteroatoms. The molecule has 0 aromatic heterocycles. The van der Waals surface area contributed by atoms with E-state index in [2.05, 4.69) is 43.1 Å². The third-order valence-electron chi connectivity index (χ3n) is 5.58. The van der Waals surface area contributed by atoms with E-state index in [-0.39, 0.29) is 18.1 Å². The second kappa shape index (κ2) is 11.7. The van der Waals surface area contributed by atoms with E-state index in [1.165, 1.54) is 23.3 Å². The normalized spacial score (nSPS) is 16.3. The van der Waals surface area contributed by atoms with Crippen LogP contribution < -0.4 is 5.32 Å². The first-order valence-corrected chi connectivity index (χ1v) is 11.2. The molecule has 1 aliphatic rings. The number of hydrogen-bond donors (Lipinski definition) is 1. The molecular weight excluding hydrogens is 415 g/mol. The van der Waals surface area contributed by atoms with E-state index in [0.717, 1.165) is 34.7 Å². The number of rotatable bonds is 10. The van der Waals surface area contributed by atoms with Crippen molar-refractivity contribution >= 4 is 11.3 Å². The van der Waals surface area contributed by atoms with Crippen LogP contribution in [-0.4, -0.2) is 31.2 Å². The van der Waals surface area contributed by atoms with Crippen LogP contribution in [0.15, 0.2) is 83.6 Å². The Morgan fingerprint density at radius 2 is 1.82 bits per heavy atom. The van der Waals surface area contributed by atoms with Gasteiger partial charge in [0.1, 0.15) is 11.9 Å². The second-order valence-corrected chi connectivity index (χ2v) is 8.38. The SMILES string of the molecule is C=C(\C=C/C(=N/C(C)NCc1ccc(C)cc1)C(/C)=C(\C)OC1COC1)c1ccc(F)cc1. The molecule has 1 fully saturated rings. The fourth-order valence-electron chi connectivity index (χ4n) is 3.23. The summed E-state index contributed by atoms with van der Waals surface area (Å²) in [4.78, 5) is 4.91. The lowest BCUT2D eigenvalue weighted by atomic mass is 10.0. The van der Waals surface area contributed by atoms with Crippen molar-refractivity contribution in [2.45, 2.75) is 46.5 Å². The smallest absolute Gasteiger partial charge is 0.145 e. The second-order valence-electron chi connectivity index (χ2n) is 8.38. The third-order valence-corrected chi connectivity index (χ3v) is 5.58. The molecule has 2 aromatic carbocycles. The van der Waals surface area contributed by atoms with Gasteiger partial charge in [0, 0.05) is 12.1 Å². The van der Waals surface area contributed by atoms with Crippen LogP contribution in [0.25, 0.3) is 5.57 Å². The lowest BCUT2D eigenvalue weighted by molar-refractivity contribution is -0.107. The summed E-state index contributed by atoms with van der Waals surface area (Å²) in [5, 5.41) is 3.46. The van der Waals surface area contributed by atoms with Crippen LogP contribution in [0, 0.1) is 12.7 Å². The fourth-order valence-corrected chi connectivity index (χ4v) is 3.23. The maximum Gasteiger partial charge on any atom is 0.145 e. The standard InChI is InChI=1S/C28H33FN2O2/c1-19-6-9-24(10-7-19)16-30-23(5)31-28(21(3)22(4)33-27-17-32-18-27)15-8-20(2)25-11-13-26(29)14-12-25/h6-15,23,27,30H,2,16-18H2,1,3-5H3/b15-8-,22-21+,31-28-. The minimum atomic E-state index is -0.266.